The molecule has 1 aromatic carbocycles. The Kier molecular flexibility index (Phi) is 2.79. The highest BCUT2D eigenvalue weighted by Gasteiger charge is 2.35. The van der Waals surface area contributed by atoms with Gasteiger partial charge in [-0.25, -0.2) is 4.39 Å². The van der Waals surface area contributed by atoms with Gasteiger partial charge in [0.05, 0.1) is 7.11 Å². The van der Waals surface area contributed by atoms with Gasteiger partial charge < -0.3 is 10.1 Å². The first-order chi connectivity index (χ1) is 8.26. The maximum Gasteiger partial charge on any atom is 0.123 e. The van der Waals surface area contributed by atoms with Gasteiger partial charge in [-0.1, -0.05) is 0 Å². The van der Waals surface area contributed by atoms with E-state index in [0.717, 1.165) is 24.2 Å². The summed E-state index contributed by atoms with van der Waals surface area (Å²) in [6.45, 7) is 0. The van der Waals surface area contributed by atoms with Crippen molar-refractivity contribution in [2.75, 3.05) is 7.11 Å². The molecule has 17 heavy (non-hydrogen) atoms. The van der Waals surface area contributed by atoms with Crippen molar-refractivity contribution in [2.24, 2.45) is 0 Å². The molecular weight excluding hydrogens is 217 g/mol. The van der Waals surface area contributed by atoms with Crippen molar-refractivity contribution in [2.45, 2.75) is 43.7 Å². The Morgan fingerprint density at radius 1 is 1.24 bits per heavy atom. The van der Waals surface area contributed by atoms with Gasteiger partial charge in [0.2, 0.25) is 0 Å². The zero-order valence-corrected chi connectivity index (χ0v) is 10.1. The molecule has 1 aromatic rings. The summed E-state index contributed by atoms with van der Waals surface area (Å²) in [4.78, 5) is 0. The first-order valence-corrected chi connectivity index (χ1v) is 6.35. The summed E-state index contributed by atoms with van der Waals surface area (Å²) in [6.07, 6.45) is 4.74. The Hall–Kier alpha value is -1.09. The molecule has 1 unspecified atom stereocenters. The number of nitrogens with one attached hydrogen (secondary N) is 1. The highest BCUT2D eigenvalue weighted by atomic mass is 19.1. The van der Waals surface area contributed by atoms with Gasteiger partial charge in [-0.2, -0.15) is 0 Å². The molecule has 0 amide bonds. The minimum Gasteiger partial charge on any atom is -0.496 e. The second kappa shape index (κ2) is 4.30. The van der Waals surface area contributed by atoms with Gasteiger partial charge in [0.1, 0.15) is 11.6 Å². The number of hydrogen-bond donors (Lipinski definition) is 1. The number of benzene rings is 1. The van der Waals surface area contributed by atoms with E-state index in [0.29, 0.717) is 18.0 Å². The number of piperidine rings is 1. The van der Waals surface area contributed by atoms with E-state index in [9.17, 15) is 4.39 Å². The van der Waals surface area contributed by atoms with Gasteiger partial charge in [0.25, 0.3) is 0 Å². The molecule has 92 valence electrons. The Morgan fingerprint density at radius 3 is 2.59 bits per heavy atom. The molecule has 0 spiro atoms. The van der Waals surface area contributed by atoms with Crippen LogP contribution in [0.25, 0.3) is 0 Å². The number of ether oxygens (including phenoxy) is 1. The second-order valence-electron chi connectivity index (χ2n) is 5.19. The van der Waals surface area contributed by atoms with E-state index in [4.69, 9.17) is 4.74 Å². The molecule has 2 bridgehead atoms. The Morgan fingerprint density at radius 2 is 1.94 bits per heavy atom. The average Bonchev–Trinajstić information content (AvgIpc) is 2.68. The van der Waals surface area contributed by atoms with E-state index in [1.165, 1.54) is 18.9 Å². The normalized spacial score (nSPS) is 31.5. The van der Waals surface area contributed by atoms with Crippen LogP contribution >= 0.6 is 0 Å². The number of halogens is 1. The molecule has 3 heteroatoms. The van der Waals surface area contributed by atoms with E-state index < -0.39 is 0 Å². The Balaban J connectivity index is 1.90. The predicted molar refractivity (Wildman–Crippen MR) is 64.9 cm³/mol. The summed E-state index contributed by atoms with van der Waals surface area (Å²) in [5.74, 6) is 1.11. The minimum atomic E-state index is -0.160. The van der Waals surface area contributed by atoms with Crippen LogP contribution in [0.1, 0.15) is 37.2 Å². The van der Waals surface area contributed by atoms with Crippen molar-refractivity contribution < 1.29 is 9.13 Å². The fourth-order valence-electron chi connectivity index (χ4n) is 3.34. The Bertz CT molecular complexity index is 409. The summed E-state index contributed by atoms with van der Waals surface area (Å²) in [5, 5.41) is 3.61. The molecule has 2 nitrogen and oxygen atoms in total. The number of rotatable bonds is 2. The molecule has 0 aliphatic carbocycles. The summed E-state index contributed by atoms with van der Waals surface area (Å²) in [7, 11) is 1.66. The van der Waals surface area contributed by atoms with E-state index in [1.807, 2.05) is 0 Å². The van der Waals surface area contributed by atoms with E-state index >= 15 is 0 Å². The molecule has 0 aromatic heterocycles. The van der Waals surface area contributed by atoms with Crippen molar-refractivity contribution in [3.8, 4) is 5.75 Å². The molecule has 2 saturated heterocycles. The third-order valence-electron chi connectivity index (χ3n) is 4.10. The van der Waals surface area contributed by atoms with Crippen LogP contribution in [-0.4, -0.2) is 19.2 Å². The zero-order valence-electron chi connectivity index (χ0n) is 10.1. The van der Waals surface area contributed by atoms with Crippen LogP contribution in [0.3, 0.4) is 0 Å². The first kappa shape index (κ1) is 11.0. The standard InChI is InChI=1S/C14H18FNO/c1-17-14-5-2-10(15)8-13(14)9-6-11-3-4-12(7-9)16-11/h2,5,8-9,11-12,16H,3-4,6-7H2,1H3/t9?,11-,12+. The largest absolute Gasteiger partial charge is 0.496 e. The van der Waals surface area contributed by atoms with Crippen molar-refractivity contribution in [1.82, 2.24) is 5.32 Å². The summed E-state index contributed by atoms with van der Waals surface area (Å²) in [5.41, 5.74) is 1.05. The van der Waals surface area contributed by atoms with Crippen LogP contribution in [0.4, 0.5) is 4.39 Å². The van der Waals surface area contributed by atoms with E-state index in [2.05, 4.69) is 5.32 Å². The molecule has 2 fully saturated rings. The number of fused-ring (bicyclic) bond motifs is 2. The number of methoxy groups -OCH3 is 1. The highest BCUT2D eigenvalue weighted by molar-refractivity contribution is 5.37. The Labute approximate surface area is 101 Å². The van der Waals surface area contributed by atoms with Crippen LogP contribution in [0.15, 0.2) is 18.2 Å². The van der Waals surface area contributed by atoms with Crippen LogP contribution in [0.5, 0.6) is 5.75 Å². The summed E-state index contributed by atoms with van der Waals surface area (Å²) >= 11 is 0. The third kappa shape index (κ3) is 2.04. The van der Waals surface area contributed by atoms with Crippen molar-refractivity contribution in [1.29, 1.82) is 0 Å². The molecule has 2 aliphatic rings. The lowest BCUT2D eigenvalue weighted by Crippen LogP contribution is -2.37. The van der Waals surface area contributed by atoms with Gasteiger partial charge in [-0.05, 0) is 49.8 Å². The van der Waals surface area contributed by atoms with Crippen LogP contribution in [0.2, 0.25) is 0 Å². The molecule has 2 aliphatic heterocycles. The minimum absolute atomic E-state index is 0.160. The fourth-order valence-corrected chi connectivity index (χ4v) is 3.34. The monoisotopic (exact) mass is 235 g/mol. The van der Waals surface area contributed by atoms with Gasteiger partial charge >= 0.3 is 0 Å². The van der Waals surface area contributed by atoms with Crippen LogP contribution < -0.4 is 10.1 Å². The first-order valence-electron chi connectivity index (χ1n) is 6.35. The predicted octanol–water partition coefficient (Wildman–Crippen LogP) is 2.83. The average molecular weight is 235 g/mol. The lowest BCUT2D eigenvalue weighted by molar-refractivity contribution is 0.346. The molecule has 1 N–H and O–H groups in total. The van der Waals surface area contributed by atoms with Crippen LogP contribution in [-0.2, 0) is 0 Å². The lowest BCUT2D eigenvalue weighted by Gasteiger charge is -2.30. The van der Waals surface area contributed by atoms with Crippen LogP contribution in [0, 0.1) is 5.82 Å². The van der Waals surface area contributed by atoms with Crippen molar-refractivity contribution in [3.63, 3.8) is 0 Å². The SMILES string of the molecule is COc1ccc(F)cc1C1C[C@H]2CC[C@@H](C1)N2. The van der Waals surface area contributed by atoms with Crippen molar-refractivity contribution >= 4 is 0 Å². The highest BCUT2D eigenvalue weighted by Crippen LogP contribution is 2.40. The van der Waals surface area contributed by atoms with Gasteiger partial charge in [0.15, 0.2) is 0 Å². The number of hydrogen-bond acceptors (Lipinski definition) is 2. The van der Waals surface area contributed by atoms with E-state index in [1.54, 1.807) is 19.2 Å². The van der Waals surface area contributed by atoms with Gasteiger partial charge in [0, 0.05) is 17.6 Å². The van der Waals surface area contributed by atoms with Crippen molar-refractivity contribution in [3.05, 3.63) is 29.6 Å². The molecule has 3 atom stereocenters. The van der Waals surface area contributed by atoms with Gasteiger partial charge in [-0.3, -0.25) is 0 Å². The lowest BCUT2D eigenvalue weighted by atomic mass is 9.85. The molecule has 0 saturated carbocycles. The molecular formula is C14H18FNO. The third-order valence-corrected chi connectivity index (χ3v) is 4.10. The fraction of sp³-hybridized carbons (Fsp3) is 0.571. The summed E-state index contributed by atoms with van der Waals surface area (Å²) < 4.78 is 18.7. The quantitative estimate of drug-likeness (QED) is 0.851. The molecule has 3 rings (SSSR count). The topological polar surface area (TPSA) is 21.3 Å². The molecule has 2 heterocycles. The summed E-state index contributed by atoms with van der Waals surface area (Å²) in [6, 6.07) is 6.10. The smallest absolute Gasteiger partial charge is 0.123 e. The maximum atomic E-state index is 13.4. The maximum absolute atomic E-state index is 13.4. The van der Waals surface area contributed by atoms with E-state index in [-0.39, 0.29) is 5.82 Å². The second-order valence-corrected chi connectivity index (χ2v) is 5.19. The van der Waals surface area contributed by atoms with Gasteiger partial charge in [-0.15, -0.1) is 0 Å². The molecule has 0 radical (unpaired) electrons. The zero-order chi connectivity index (χ0) is 11.8.